The van der Waals surface area contributed by atoms with Crippen molar-refractivity contribution >= 4 is 17.8 Å². The minimum absolute atomic E-state index is 0.0567. The number of allylic oxidation sites excluding steroid dienone is 9. The van der Waals surface area contributed by atoms with Gasteiger partial charge in [-0.05, 0) is 52.5 Å². The number of carbonyl (C=O) groups excluding carboxylic acids is 3. The number of nitrogens with one attached hydrogen (secondary N) is 1. The Morgan fingerprint density at radius 3 is 2.33 bits per heavy atom. The van der Waals surface area contributed by atoms with Gasteiger partial charge in [0.05, 0.1) is 34.6 Å². The summed E-state index contributed by atoms with van der Waals surface area (Å²) >= 11 is 0. The van der Waals surface area contributed by atoms with E-state index in [0.29, 0.717) is 11.1 Å². The Balaban J connectivity index is 1.95. The number of likely N-dealkylation sites (N-methyl/N-ethyl adjacent to an activating group) is 1. The van der Waals surface area contributed by atoms with Gasteiger partial charge in [-0.15, -0.1) is 0 Å². The number of nitro groups is 1. The van der Waals surface area contributed by atoms with Crippen LogP contribution in [0.2, 0.25) is 0 Å². The fourth-order valence-electron chi connectivity index (χ4n) is 6.46. The normalized spacial score (nSPS) is 27.9. The number of hydrogen-bond donors (Lipinski definition) is 4. The number of nitrogens with zero attached hydrogens (tertiary/aromatic N) is 2. The molecule has 0 aromatic carbocycles. The molecule has 0 aromatic rings. The standard InChI is InChI=1S/C36H53N3O10/c1-22(26(5)39(46)47)17-13-11-14-18-23(2)30(41)34(7,8)32(43)37-20-16-12-15-19-28(40)24(3)21-29(48-10)36(45)25(4)31(42)38(9)35(36)27(6)49-33(35)44/h11-19,24-25,27-30,40-41,45H,20-21H2,1-10H3,(H,37,43)/b14-11-,16-12+,17-13+,19-15+,23-18-,26-22+. The van der Waals surface area contributed by atoms with Crippen LogP contribution in [-0.4, -0.2) is 99.2 Å². The monoisotopic (exact) mass is 687 g/mol. The molecular formula is C36H53N3O10. The maximum absolute atomic E-state index is 12.9. The zero-order chi connectivity index (χ0) is 37.5. The van der Waals surface area contributed by atoms with Gasteiger partial charge in [0.2, 0.25) is 23.1 Å². The Hall–Kier alpha value is -3.91. The smallest absolute Gasteiger partial charge is 0.339 e. The summed E-state index contributed by atoms with van der Waals surface area (Å²) in [4.78, 5) is 50.2. The number of esters is 1. The maximum atomic E-state index is 12.9. The van der Waals surface area contributed by atoms with Crippen molar-refractivity contribution in [3.63, 3.8) is 0 Å². The van der Waals surface area contributed by atoms with E-state index in [1.807, 2.05) is 0 Å². The first-order valence-electron chi connectivity index (χ1n) is 16.3. The highest BCUT2D eigenvalue weighted by Gasteiger charge is 2.80. The topological polar surface area (TPSA) is 189 Å². The van der Waals surface area contributed by atoms with Gasteiger partial charge in [-0.1, -0.05) is 68.5 Å². The number of aliphatic hydroxyl groups excluding tert-OH is 2. The van der Waals surface area contributed by atoms with Crippen LogP contribution in [0.5, 0.6) is 0 Å². The molecule has 2 heterocycles. The van der Waals surface area contributed by atoms with Crippen LogP contribution in [-0.2, 0) is 23.9 Å². The van der Waals surface area contributed by atoms with Gasteiger partial charge < -0.3 is 35.0 Å². The highest BCUT2D eigenvalue weighted by Crippen LogP contribution is 2.54. The minimum Gasteiger partial charge on any atom is -0.457 e. The lowest BCUT2D eigenvalue weighted by Crippen LogP contribution is -2.80. The molecule has 13 heteroatoms. The summed E-state index contributed by atoms with van der Waals surface area (Å²) in [5, 5.41) is 47.2. The molecule has 0 bridgehead atoms. The fourth-order valence-corrected chi connectivity index (χ4v) is 6.46. The van der Waals surface area contributed by atoms with E-state index in [1.165, 1.54) is 26.0 Å². The molecule has 272 valence electrons. The second-order valence-electron chi connectivity index (χ2n) is 13.5. The summed E-state index contributed by atoms with van der Waals surface area (Å²) in [6.07, 6.45) is 11.2. The first-order chi connectivity index (χ1) is 22.7. The van der Waals surface area contributed by atoms with Crippen molar-refractivity contribution in [2.45, 2.75) is 97.4 Å². The van der Waals surface area contributed by atoms with Gasteiger partial charge in [-0.3, -0.25) is 19.7 Å². The van der Waals surface area contributed by atoms with Gasteiger partial charge in [-0.2, -0.15) is 0 Å². The molecule has 2 fully saturated rings. The number of likely N-dealkylation sites (tertiary alicyclic amines) is 1. The molecule has 2 aliphatic rings. The number of methoxy groups -OCH3 is 1. The van der Waals surface area contributed by atoms with Crippen LogP contribution in [0.15, 0.2) is 71.5 Å². The second-order valence-corrected chi connectivity index (χ2v) is 13.5. The van der Waals surface area contributed by atoms with Crippen LogP contribution < -0.4 is 5.32 Å². The Kier molecular flexibility index (Phi) is 14.0. The van der Waals surface area contributed by atoms with Crippen LogP contribution in [0.3, 0.4) is 0 Å². The number of carbonyl (C=O) groups is 3. The largest absolute Gasteiger partial charge is 0.457 e. The van der Waals surface area contributed by atoms with Gasteiger partial charge in [0, 0.05) is 33.2 Å². The van der Waals surface area contributed by atoms with E-state index in [2.05, 4.69) is 5.32 Å². The lowest BCUT2D eigenvalue weighted by atomic mass is 9.65. The van der Waals surface area contributed by atoms with E-state index in [0.717, 1.165) is 0 Å². The maximum Gasteiger partial charge on any atom is 0.339 e. The van der Waals surface area contributed by atoms with E-state index in [4.69, 9.17) is 9.47 Å². The highest BCUT2D eigenvalue weighted by atomic mass is 16.6. The van der Waals surface area contributed by atoms with E-state index in [1.54, 1.807) is 103 Å². The van der Waals surface area contributed by atoms with Crippen molar-refractivity contribution in [2.24, 2.45) is 17.3 Å². The average Bonchev–Trinajstić information content (AvgIpc) is 3.22. The minimum atomic E-state index is -1.87. The second kappa shape index (κ2) is 16.7. The molecule has 2 saturated heterocycles. The molecule has 0 radical (unpaired) electrons. The van der Waals surface area contributed by atoms with E-state index >= 15 is 0 Å². The molecule has 8 unspecified atom stereocenters. The summed E-state index contributed by atoms with van der Waals surface area (Å²) in [6.45, 7) is 13.2. The zero-order valence-corrected chi connectivity index (χ0v) is 30.2. The van der Waals surface area contributed by atoms with E-state index < -0.39 is 69.6 Å². The number of ether oxygens (including phenoxy) is 2. The molecule has 0 saturated carbocycles. The van der Waals surface area contributed by atoms with Crippen LogP contribution in [0.4, 0.5) is 0 Å². The van der Waals surface area contributed by atoms with Gasteiger partial charge in [0.1, 0.15) is 11.7 Å². The van der Waals surface area contributed by atoms with Gasteiger partial charge in [-0.25, -0.2) is 4.79 Å². The third-order valence-corrected chi connectivity index (χ3v) is 10.0. The van der Waals surface area contributed by atoms with Crippen LogP contribution in [0.1, 0.15) is 61.8 Å². The Labute approximate surface area is 288 Å². The Morgan fingerprint density at radius 1 is 1.14 bits per heavy atom. The van der Waals surface area contributed by atoms with Crippen LogP contribution >= 0.6 is 0 Å². The Bertz CT molecular complexity index is 1440. The van der Waals surface area contributed by atoms with E-state index in [-0.39, 0.29) is 24.6 Å². The molecule has 8 atom stereocenters. The van der Waals surface area contributed by atoms with Crippen molar-refractivity contribution in [3.8, 4) is 0 Å². The molecule has 49 heavy (non-hydrogen) atoms. The van der Waals surface area contributed by atoms with Crippen molar-refractivity contribution in [2.75, 3.05) is 20.7 Å². The predicted octanol–water partition coefficient (Wildman–Crippen LogP) is 3.16. The molecule has 2 rings (SSSR count). The van der Waals surface area contributed by atoms with Gasteiger partial charge >= 0.3 is 5.97 Å². The Morgan fingerprint density at radius 2 is 1.78 bits per heavy atom. The first-order valence-corrected chi connectivity index (χ1v) is 16.3. The molecule has 2 aliphatic heterocycles. The molecule has 0 aromatic heterocycles. The quantitative estimate of drug-likeness (QED) is 0.0812. The number of aliphatic hydroxyl groups is 3. The highest BCUT2D eigenvalue weighted by molar-refractivity contribution is 5.99. The lowest BCUT2D eigenvalue weighted by molar-refractivity contribution is -0.425. The SMILES string of the molecule is COC(CC(C)C(O)/C=C/C=C/CNC(=O)C(C)(C)C(O)\C(C)=C/C=C\C=C\C(C)=C(/C)[N+](=O)[O-])C1(O)C(C)C(=O)N(C)C12C(=O)OC2C. The lowest BCUT2D eigenvalue weighted by Gasteiger charge is -2.55. The van der Waals surface area contributed by atoms with Crippen LogP contribution in [0, 0.1) is 27.4 Å². The number of hydrogen-bond acceptors (Lipinski definition) is 10. The van der Waals surface area contributed by atoms with Crippen molar-refractivity contribution in [1.82, 2.24) is 10.2 Å². The third-order valence-electron chi connectivity index (χ3n) is 10.0. The third kappa shape index (κ3) is 8.12. The average molecular weight is 688 g/mol. The summed E-state index contributed by atoms with van der Waals surface area (Å²) in [7, 11) is 2.87. The number of amides is 2. The first kappa shape index (κ1) is 41.3. The predicted molar refractivity (Wildman–Crippen MR) is 184 cm³/mol. The van der Waals surface area contributed by atoms with Gasteiger partial charge in [0.25, 0.3) is 0 Å². The number of cyclic esters (lactones) is 1. The molecular weight excluding hydrogens is 634 g/mol. The molecule has 0 aliphatic carbocycles. The number of rotatable bonds is 16. The molecule has 2 amide bonds. The fraction of sp³-hybridized carbons (Fsp3) is 0.583. The summed E-state index contributed by atoms with van der Waals surface area (Å²) in [5.74, 6) is -2.82. The summed E-state index contributed by atoms with van der Waals surface area (Å²) in [6, 6.07) is 0. The van der Waals surface area contributed by atoms with Crippen molar-refractivity contribution in [1.29, 1.82) is 0 Å². The van der Waals surface area contributed by atoms with E-state index in [9.17, 15) is 39.8 Å². The van der Waals surface area contributed by atoms with Crippen molar-refractivity contribution in [3.05, 3.63) is 81.6 Å². The molecule has 13 nitrogen and oxygen atoms in total. The molecule has 1 spiro atoms. The molecule has 4 N–H and O–H groups in total. The summed E-state index contributed by atoms with van der Waals surface area (Å²) < 4.78 is 10.9. The van der Waals surface area contributed by atoms with Gasteiger partial charge in [0.15, 0.2) is 0 Å². The van der Waals surface area contributed by atoms with Crippen LogP contribution in [0.25, 0.3) is 0 Å². The summed E-state index contributed by atoms with van der Waals surface area (Å²) in [5.41, 5.74) is -3.46. The zero-order valence-electron chi connectivity index (χ0n) is 30.2. The van der Waals surface area contributed by atoms with Crippen molar-refractivity contribution < 1.29 is 44.1 Å².